The molecule has 0 radical (unpaired) electrons. The summed E-state index contributed by atoms with van der Waals surface area (Å²) in [5.74, 6) is -0.474. The molecule has 158 valence electrons. The minimum atomic E-state index is -0.953. The maximum absolute atomic E-state index is 12.6. The summed E-state index contributed by atoms with van der Waals surface area (Å²) in [6, 6.07) is 13.8. The van der Waals surface area contributed by atoms with E-state index in [0.29, 0.717) is 29.4 Å². The smallest absolute Gasteiger partial charge is 0.312 e. The molecule has 1 amide bonds. The molecule has 7 nitrogen and oxygen atoms in total. The number of nitrogens with zero attached hydrogens (tertiary/aromatic N) is 1. The van der Waals surface area contributed by atoms with Gasteiger partial charge < -0.3 is 19.1 Å². The van der Waals surface area contributed by atoms with E-state index >= 15 is 0 Å². The topological polar surface area (TPSA) is 82.1 Å². The molecule has 2 aromatic carbocycles. The molecule has 30 heavy (non-hydrogen) atoms. The van der Waals surface area contributed by atoms with Gasteiger partial charge in [-0.1, -0.05) is 12.1 Å². The molecular weight excluding hydrogens is 386 g/mol. The van der Waals surface area contributed by atoms with E-state index < -0.39 is 18.0 Å². The highest BCUT2D eigenvalue weighted by atomic mass is 16.5. The summed E-state index contributed by atoms with van der Waals surface area (Å²) in [5, 5.41) is 0. The summed E-state index contributed by atoms with van der Waals surface area (Å²) in [5.41, 5.74) is 1.05. The molecule has 1 aliphatic rings. The number of hydrogen-bond donors (Lipinski definition) is 0. The van der Waals surface area contributed by atoms with Gasteiger partial charge >= 0.3 is 5.97 Å². The van der Waals surface area contributed by atoms with E-state index in [-0.39, 0.29) is 24.7 Å². The first-order valence-corrected chi connectivity index (χ1v) is 9.85. The molecule has 1 heterocycles. The molecule has 0 spiro atoms. The summed E-state index contributed by atoms with van der Waals surface area (Å²) < 4.78 is 16.1. The third-order valence-electron chi connectivity index (χ3n) is 4.95. The van der Waals surface area contributed by atoms with Gasteiger partial charge in [-0.2, -0.15) is 0 Å². The monoisotopic (exact) mass is 411 g/mol. The molecule has 3 rings (SSSR count). The number of para-hydroxylation sites is 2. The Morgan fingerprint density at radius 2 is 1.83 bits per heavy atom. The van der Waals surface area contributed by atoms with E-state index in [1.54, 1.807) is 43.5 Å². The lowest BCUT2D eigenvalue weighted by Crippen LogP contribution is -2.30. The van der Waals surface area contributed by atoms with E-state index in [4.69, 9.17) is 14.2 Å². The Labute approximate surface area is 175 Å². The maximum Gasteiger partial charge on any atom is 0.312 e. The van der Waals surface area contributed by atoms with Gasteiger partial charge in [-0.05, 0) is 50.2 Å². The quantitative estimate of drug-likeness (QED) is 0.490. The fourth-order valence-corrected chi connectivity index (χ4v) is 3.37. The van der Waals surface area contributed by atoms with Crippen molar-refractivity contribution in [3.8, 4) is 11.5 Å². The molecule has 0 unspecified atom stereocenters. The van der Waals surface area contributed by atoms with Crippen LogP contribution in [0.2, 0.25) is 0 Å². The van der Waals surface area contributed by atoms with Crippen LogP contribution in [0, 0.1) is 5.92 Å². The Balaban J connectivity index is 1.65. The molecule has 1 fully saturated rings. The normalized spacial score (nSPS) is 16.8. The largest absolute Gasteiger partial charge is 0.497 e. The van der Waals surface area contributed by atoms with Crippen molar-refractivity contribution in [1.82, 2.24) is 0 Å². The Morgan fingerprint density at radius 3 is 2.50 bits per heavy atom. The third-order valence-corrected chi connectivity index (χ3v) is 4.95. The number of hydrogen-bond acceptors (Lipinski definition) is 6. The lowest BCUT2D eigenvalue weighted by atomic mass is 10.1. The number of anilines is 1. The van der Waals surface area contributed by atoms with E-state index in [9.17, 15) is 14.4 Å². The van der Waals surface area contributed by atoms with Gasteiger partial charge in [0.15, 0.2) is 6.10 Å². The Bertz CT molecular complexity index is 924. The number of ether oxygens (including phenoxy) is 3. The molecule has 2 aromatic rings. The molecule has 0 aliphatic carbocycles. The first-order valence-electron chi connectivity index (χ1n) is 9.85. The van der Waals surface area contributed by atoms with Gasteiger partial charge in [0.1, 0.15) is 11.5 Å². The standard InChI is InChI=1S/C23H25NO6/c1-4-29-20-8-6-5-7-19(20)24-14-17(13-21(24)25)23(27)30-15(2)22(26)16-9-11-18(28-3)12-10-16/h5-12,15,17H,4,13-14H2,1-3H3/t15-,17+/m1/s1. The van der Waals surface area contributed by atoms with Gasteiger partial charge in [0, 0.05) is 18.5 Å². The summed E-state index contributed by atoms with van der Waals surface area (Å²) in [4.78, 5) is 39.2. The number of carbonyl (C=O) groups is 3. The van der Waals surface area contributed by atoms with Crippen LogP contribution in [0.25, 0.3) is 0 Å². The number of rotatable bonds is 8. The first-order chi connectivity index (χ1) is 14.4. The second-order valence-electron chi connectivity index (χ2n) is 6.98. The van der Waals surface area contributed by atoms with E-state index in [0.717, 1.165) is 0 Å². The van der Waals surface area contributed by atoms with Crippen molar-refractivity contribution in [3.05, 3.63) is 54.1 Å². The molecule has 1 saturated heterocycles. The Kier molecular flexibility index (Phi) is 6.72. The van der Waals surface area contributed by atoms with Gasteiger partial charge in [-0.25, -0.2) is 0 Å². The zero-order chi connectivity index (χ0) is 21.7. The van der Waals surface area contributed by atoms with Crippen molar-refractivity contribution in [1.29, 1.82) is 0 Å². The van der Waals surface area contributed by atoms with E-state index in [1.165, 1.54) is 11.8 Å². The molecule has 0 saturated carbocycles. The average Bonchev–Trinajstić information content (AvgIpc) is 3.15. The fourth-order valence-electron chi connectivity index (χ4n) is 3.37. The first kappa shape index (κ1) is 21.4. The van der Waals surface area contributed by atoms with Crippen LogP contribution in [0.1, 0.15) is 30.6 Å². The van der Waals surface area contributed by atoms with Gasteiger partial charge in [-0.3, -0.25) is 14.4 Å². The van der Waals surface area contributed by atoms with Crippen molar-refractivity contribution in [2.24, 2.45) is 5.92 Å². The lowest BCUT2D eigenvalue weighted by Gasteiger charge is -2.20. The fraction of sp³-hybridized carbons (Fsp3) is 0.348. The van der Waals surface area contributed by atoms with Crippen molar-refractivity contribution in [2.75, 3.05) is 25.2 Å². The Morgan fingerprint density at radius 1 is 1.13 bits per heavy atom. The number of carbonyl (C=O) groups excluding carboxylic acids is 3. The van der Waals surface area contributed by atoms with Crippen LogP contribution in [-0.2, 0) is 14.3 Å². The number of Topliss-reactive ketones (excluding diaryl/α,β-unsaturated/α-hetero) is 1. The predicted octanol–water partition coefficient (Wildman–Crippen LogP) is 3.26. The van der Waals surface area contributed by atoms with Crippen molar-refractivity contribution in [2.45, 2.75) is 26.4 Å². The number of esters is 1. The van der Waals surface area contributed by atoms with Gasteiger partial charge in [0.2, 0.25) is 11.7 Å². The highest BCUT2D eigenvalue weighted by Gasteiger charge is 2.38. The minimum Gasteiger partial charge on any atom is -0.497 e. The summed E-state index contributed by atoms with van der Waals surface area (Å²) >= 11 is 0. The highest BCUT2D eigenvalue weighted by molar-refractivity contribution is 6.02. The molecule has 0 bridgehead atoms. The lowest BCUT2D eigenvalue weighted by molar-refractivity contribution is -0.151. The number of benzene rings is 2. The summed E-state index contributed by atoms with van der Waals surface area (Å²) in [6.07, 6.45) is -0.923. The van der Waals surface area contributed by atoms with Crippen LogP contribution in [0.3, 0.4) is 0 Å². The molecule has 1 aliphatic heterocycles. The van der Waals surface area contributed by atoms with E-state index in [2.05, 4.69) is 0 Å². The van der Waals surface area contributed by atoms with Crippen molar-refractivity contribution < 1.29 is 28.6 Å². The third kappa shape index (κ3) is 4.62. The second kappa shape index (κ2) is 9.43. The molecular formula is C23H25NO6. The molecule has 0 aromatic heterocycles. The minimum absolute atomic E-state index is 0.0305. The SMILES string of the molecule is CCOc1ccccc1N1C[C@@H](C(=O)O[C@H](C)C(=O)c2ccc(OC)cc2)CC1=O. The zero-order valence-corrected chi connectivity index (χ0v) is 17.3. The van der Waals surface area contributed by atoms with Crippen LogP contribution >= 0.6 is 0 Å². The maximum atomic E-state index is 12.6. The number of amides is 1. The summed E-state index contributed by atoms with van der Waals surface area (Å²) in [7, 11) is 1.54. The number of ketones is 1. The van der Waals surface area contributed by atoms with Crippen LogP contribution < -0.4 is 14.4 Å². The van der Waals surface area contributed by atoms with Gasteiger partial charge in [-0.15, -0.1) is 0 Å². The van der Waals surface area contributed by atoms with Crippen LogP contribution in [0.5, 0.6) is 11.5 Å². The zero-order valence-electron chi connectivity index (χ0n) is 17.3. The predicted molar refractivity (Wildman–Crippen MR) is 111 cm³/mol. The van der Waals surface area contributed by atoms with Gasteiger partial charge in [0.25, 0.3) is 0 Å². The molecule has 7 heteroatoms. The second-order valence-corrected chi connectivity index (χ2v) is 6.98. The van der Waals surface area contributed by atoms with Crippen molar-refractivity contribution in [3.63, 3.8) is 0 Å². The van der Waals surface area contributed by atoms with Crippen molar-refractivity contribution >= 4 is 23.3 Å². The van der Waals surface area contributed by atoms with E-state index in [1.807, 2.05) is 19.1 Å². The molecule has 0 N–H and O–H groups in total. The average molecular weight is 411 g/mol. The van der Waals surface area contributed by atoms with Gasteiger partial charge in [0.05, 0.1) is 25.3 Å². The number of methoxy groups -OCH3 is 1. The van der Waals surface area contributed by atoms with Crippen LogP contribution in [-0.4, -0.2) is 44.0 Å². The van der Waals surface area contributed by atoms with Crippen LogP contribution in [0.15, 0.2) is 48.5 Å². The molecule has 2 atom stereocenters. The highest BCUT2D eigenvalue weighted by Crippen LogP contribution is 2.33. The van der Waals surface area contributed by atoms with Crippen LogP contribution in [0.4, 0.5) is 5.69 Å². The summed E-state index contributed by atoms with van der Waals surface area (Å²) in [6.45, 7) is 4.05. The Hall–Kier alpha value is -3.35.